The molecule has 0 radical (unpaired) electrons. The minimum absolute atomic E-state index is 0.0535. The first-order valence-electron chi connectivity index (χ1n) is 9.84. The number of aromatic hydroxyl groups is 1. The van der Waals surface area contributed by atoms with E-state index in [9.17, 15) is 5.11 Å². The van der Waals surface area contributed by atoms with Gasteiger partial charge in [-0.25, -0.2) is 9.97 Å². The maximum absolute atomic E-state index is 10.8. The Bertz CT molecular complexity index is 1190. The van der Waals surface area contributed by atoms with Gasteiger partial charge in [0.1, 0.15) is 23.9 Å². The Hall–Kier alpha value is -4.06. The van der Waals surface area contributed by atoms with E-state index in [0.29, 0.717) is 23.6 Å². The molecule has 0 bridgehead atoms. The fourth-order valence-corrected chi connectivity index (χ4v) is 3.44. The van der Waals surface area contributed by atoms with Gasteiger partial charge in [0.15, 0.2) is 0 Å². The normalized spacial score (nSPS) is 10.6. The average molecular weight is 413 g/mol. The molecule has 3 N–H and O–H groups in total. The number of rotatable bonds is 6. The van der Waals surface area contributed by atoms with Crippen LogP contribution in [0.3, 0.4) is 0 Å². The van der Waals surface area contributed by atoms with E-state index in [1.165, 1.54) is 0 Å². The third kappa shape index (κ3) is 4.43. The molecule has 3 aromatic carbocycles. The van der Waals surface area contributed by atoms with Gasteiger partial charge >= 0.3 is 0 Å². The summed E-state index contributed by atoms with van der Waals surface area (Å²) in [4.78, 5) is 8.76. The highest BCUT2D eigenvalue weighted by Gasteiger charge is 2.18. The van der Waals surface area contributed by atoms with Gasteiger partial charge in [0.25, 0.3) is 0 Å². The Balaban J connectivity index is 1.70. The molecule has 1 heterocycles. The van der Waals surface area contributed by atoms with Crippen molar-refractivity contribution in [2.75, 3.05) is 12.8 Å². The molecule has 0 saturated heterocycles. The number of phenolic OH excluding ortho intramolecular Hbond substituents is 1. The Morgan fingerprint density at radius 2 is 1.61 bits per heavy atom. The zero-order chi connectivity index (χ0) is 21.8. The number of anilines is 1. The molecule has 0 atom stereocenters. The van der Waals surface area contributed by atoms with Crippen LogP contribution in [-0.4, -0.2) is 22.2 Å². The molecule has 31 heavy (non-hydrogen) atoms. The lowest BCUT2D eigenvalue weighted by molar-refractivity contribution is 0.304. The largest absolute Gasteiger partial charge is 0.507 e. The van der Waals surface area contributed by atoms with Gasteiger partial charge in [-0.2, -0.15) is 0 Å². The van der Waals surface area contributed by atoms with Gasteiger partial charge in [-0.05, 0) is 42.3 Å². The highest BCUT2D eigenvalue weighted by Crippen LogP contribution is 2.39. The molecule has 0 amide bonds. The number of phenols is 1. The van der Waals surface area contributed by atoms with E-state index in [-0.39, 0.29) is 11.7 Å². The molecule has 0 spiro atoms. The number of aromatic nitrogens is 2. The molecule has 4 rings (SSSR count). The van der Waals surface area contributed by atoms with Gasteiger partial charge in [0.05, 0.1) is 18.5 Å². The topological polar surface area (TPSA) is 90.5 Å². The second-order valence-corrected chi connectivity index (χ2v) is 7.07. The summed E-state index contributed by atoms with van der Waals surface area (Å²) in [6.45, 7) is 2.28. The average Bonchev–Trinajstić information content (AvgIpc) is 2.78. The minimum Gasteiger partial charge on any atom is -0.507 e. The molecule has 6 heteroatoms. The number of ether oxygens (including phenoxy) is 2. The summed E-state index contributed by atoms with van der Waals surface area (Å²) in [5, 5.41) is 10.8. The lowest BCUT2D eigenvalue weighted by atomic mass is 9.97. The second kappa shape index (κ2) is 8.75. The van der Waals surface area contributed by atoms with Crippen LogP contribution in [0.15, 0.2) is 72.8 Å². The summed E-state index contributed by atoms with van der Waals surface area (Å²) < 4.78 is 11.1. The smallest absolute Gasteiger partial charge is 0.220 e. The van der Waals surface area contributed by atoms with Crippen molar-refractivity contribution in [3.05, 3.63) is 84.1 Å². The molecular formula is C25H23N3O3. The number of benzene rings is 3. The monoisotopic (exact) mass is 413 g/mol. The first-order chi connectivity index (χ1) is 15.0. The molecule has 6 nitrogen and oxygen atoms in total. The number of nitrogen functional groups attached to an aromatic ring is 1. The molecular weight excluding hydrogens is 390 g/mol. The molecule has 0 aliphatic carbocycles. The first-order valence-corrected chi connectivity index (χ1v) is 9.84. The summed E-state index contributed by atoms with van der Waals surface area (Å²) >= 11 is 0. The van der Waals surface area contributed by atoms with Crippen LogP contribution in [-0.2, 0) is 6.61 Å². The van der Waals surface area contributed by atoms with E-state index in [0.717, 1.165) is 28.1 Å². The zero-order valence-electron chi connectivity index (χ0n) is 17.4. The third-order valence-electron chi connectivity index (χ3n) is 4.96. The Morgan fingerprint density at radius 1 is 0.903 bits per heavy atom. The highest BCUT2D eigenvalue weighted by atomic mass is 16.5. The maximum Gasteiger partial charge on any atom is 0.220 e. The third-order valence-corrected chi connectivity index (χ3v) is 4.96. The van der Waals surface area contributed by atoms with E-state index >= 15 is 0 Å². The van der Waals surface area contributed by atoms with Crippen LogP contribution < -0.4 is 15.2 Å². The predicted octanol–water partition coefficient (Wildman–Crippen LogP) is 4.99. The Kier molecular flexibility index (Phi) is 5.71. The van der Waals surface area contributed by atoms with Crippen molar-refractivity contribution in [1.82, 2.24) is 9.97 Å². The van der Waals surface area contributed by atoms with Gasteiger partial charge in [-0.1, -0.05) is 42.5 Å². The summed E-state index contributed by atoms with van der Waals surface area (Å²) in [5.41, 5.74) is 10.5. The lowest BCUT2D eigenvalue weighted by Crippen LogP contribution is -2.03. The SMILES string of the molecule is COc1ccc(-c2c(C)nc(N)nc2-c2ccc(OCc3ccccc3)cc2O)cc1. The molecule has 0 aliphatic heterocycles. The van der Waals surface area contributed by atoms with Crippen molar-refractivity contribution in [3.8, 4) is 39.6 Å². The van der Waals surface area contributed by atoms with Crippen molar-refractivity contribution in [3.63, 3.8) is 0 Å². The zero-order valence-corrected chi connectivity index (χ0v) is 17.4. The number of hydrogen-bond acceptors (Lipinski definition) is 6. The number of aryl methyl sites for hydroxylation is 1. The van der Waals surface area contributed by atoms with Crippen LogP contribution in [0.25, 0.3) is 22.4 Å². The second-order valence-electron chi connectivity index (χ2n) is 7.07. The summed E-state index contributed by atoms with van der Waals surface area (Å²) in [6, 6.07) is 22.6. The minimum atomic E-state index is 0.0535. The van der Waals surface area contributed by atoms with Gasteiger partial charge in [-0.3, -0.25) is 0 Å². The fourth-order valence-electron chi connectivity index (χ4n) is 3.44. The van der Waals surface area contributed by atoms with E-state index in [4.69, 9.17) is 15.2 Å². The van der Waals surface area contributed by atoms with Crippen molar-refractivity contribution in [2.45, 2.75) is 13.5 Å². The first kappa shape index (κ1) is 20.2. The molecule has 0 saturated carbocycles. The van der Waals surface area contributed by atoms with Gasteiger partial charge in [0, 0.05) is 17.2 Å². The van der Waals surface area contributed by atoms with E-state index in [1.807, 2.05) is 67.6 Å². The number of nitrogens with zero attached hydrogens (tertiary/aromatic N) is 2. The van der Waals surface area contributed by atoms with Crippen molar-refractivity contribution in [1.29, 1.82) is 0 Å². The number of nitrogens with two attached hydrogens (primary N) is 1. The van der Waals surface area contributed by atoms with Crippen molar-refractivity contribution < 1.29 is 14.6 Å². The standard InChI is InChI=1S/C25H23N3O3/c1-16-23(18-8-10-19(30-2)11-9-18)24(28-25(26)27-16)21-13-12-20(14-22(21)29)31-15-17-6-4-3-5-7-17/h3-14,29H,15H2,1-2H3,(H2,26,27,28). The van der Waals surface area contributed by atoms with Gasteiger partial charge < -0.3 is 20.3 Å². The van der Waals surface area contributed by atoms with Crippen LogP contribution in [0.5, 0.6) is 17.2 Å². The van der Waals surface area contributed by atoms with E-state index in [1.54, 1.807) is 19.2 Å². The van der Waals surface area contributed by atoms with Crippen LogP contribution >= 0.6 is 0 Å². The van der Waals surface area contributed by atoms with Crippen LogP contribution in [0.4, 0.5) is 5.95 Å². The highest BCUT2D eigenvalue weighted by molar-refractivity contribution is 5.85. The van der Waals surface area contributed by atoms with E-state index < -0.39 is 0 Å². The van der Waals surface area contributed by atoms with Crippen molar-refractivity contribution in [2.24, 2.45) is 0 Å². The van der Waals surface area contributed by atoms with Gasteiger partial charge in [-0.15, -0.1) is 0 Å². The quantitative estimate of drug-likeness (QED) is 0.463. The Labute approximate surface area is 180 Å². The fraction of sp³-hybridized carbons (Fsp3) is 0.120. The maximum atomic E-state index is 10.8. The molecule has 0 aliphatic rings. The Morgan fingerprint density at radius 3 is 2.29 bits per heavy atom. The van der Waals surface area contributed by atoms with Gasteiger partial charge in [0.2, 0.25) is 5.95 Å². The summed E-state index contributed by atoms with van der Waals surface area (Å²) in [5.74, 6) is 1.52. The lowest BCUT2D eigenvalue weighted by Gasteiger charge is -2.15. The molecule has 1 aromatic heterocycles. The molecule has 0 unspecified atom stereocenters. The molecule has 4 aromatic rings. The number of hydrogen-bond donors (Lipinski definition) is 2. The molecule has 156 valence electrons. The number of methoxy groups -OCH3 is 1. The molecule has 0 fully saturated rings. The summed E-state index contributed by atoms with van der Waals surface area (Å²) in [6.07, 6.45) is 0. The van der Waals surface area contributed by atoms with Crippen LogP contribution in [0, 0.1) is 6.92 Å². The summed E-state index contributed by atoms with van der Waals surface area (Å²) in [7, 11) is 1.62. The van der Waals surface area contributed by atoms with Crippen LogP contribution in [0.2, 0.25) is 0 Å². The van der Waals surface area contributed by atoms with Crippen molar-refractivity contribution >= 4 is 5.95 Å². The van der Waals surface area contributed by atoms with Crippen LogP contribution in [0.1, 0.15) is 11.3 Å². The van der Waals surface area contributed by atoms with E-state index in [2.05, 4.69) is 9.97 Å². The predicted molar refractivity (Wildman–Crippen MR) is 121 cm³/mol.